The molecule has 0 radical (unpaired) electrons. The van der Waals surface area contributed by atoms with E-state index < -0.39 is 6.10 Å². The number of hydrogen-bond acceptors (Lipinski definition) is 3. The second kappa shape index (κ2) is 4.90. The van der Waals surface area contributed by atoms with Crippen molar-refractivity contribution in [2.24, 2.45) is 0 Å². The minimum absolute atomic E-state index is 0.565. The van der Waals surface area contributed by atoms with Gasteiger partial charge in [0.25, 0.3) is 0 Å². The predicted molar refractivity (Wildman–Crippen MR) is 70.8 cm³/mol. The van der Waals surface area contributed by atoms with Crippen LogP contribution in [0.1, 0.15) is 27.7 Å². The summed E-state index contributed by atoms with van der Waals surface area (Å²) in [5, 5.41) is 12.2. The van der Waals surface area contributed by atoms with E-state index in [4.69, 9.17) is 4.74 Å². The molecule has 0 aliphatic heterocycles. The molecule has 0 aliphatic carbocycles. The van der Waals surface area contributed by atoms with Gasteiger partial charge >= 0.3 is 0 Å². The quantitative estimate of drug-likeness (QED) is 0.901. The van der Waals surface area contributed by atoms with Crippen LogP contribution < -0.4 is 4.74 Å². The largest absolute Gasteiger partial charge is 0.496 e. The molecule has 1 N–H and O–H groups in total. The third-order valence-electron chi connectivity index (χ3n) is 2.82. The Labute approximate surface area is 105 Å². The maximum Gasteiger partial charge on any atom is 0.129 e. The molecule has 2 rings (SSSR count). The summed E-state index contributed by atoms with van der Waals surface area (Å²) in [5.74, 6) is 0.800. The fourth-order valence-electron chi connectivity index (χ4n) is 1.87. The molecule has 0 aliphatic rings. The molecule has 0 amide bonds. The van der Waals surface area contributed by atoms with E-state index in [1.165, 1.54) is 16.9 Å². The third kappa shape index (κ3) is 2.51. The highest BCUT2D eigenvalue weighted by atomic mass is 32.1. The van der Waals surface area contributed by atoms with Gasteiger partial charge in [-0.25, -0.2) is 0 Å². The minimum atomic E-state index is -0.565. The van der Waals surface area contributed by atoms with Crippen LogP contribution in [-0.2, 0) is 0 Å². The van der Waals surface area contributed by atoms with Gasteiger partial charge in [-0.15, -0.1) is 11.3 Å². The first kappa shape index (κ1) is 12.1. The highest BCUT2D eigenvalue weighted by Crippen LogP contribution is 2.32. The lowest BCUT2D eigenvalue weighted by Crippen LogP contribution is -2.00. The Hall–Kier alpha value is -1.32. The minimum Gasteiger partial charge on any atom is -0.496 e. The van der Waals surface area contributed by atoms with E-state index in [9.17, 15) is 5.11 Å². The molecular weight excluding hydrogens is 232 g/mol. The van der Waals surface area contributed by atoms with Crippen LogP contribution in [0.5, 0.6) is 5.75 Å². The van der Waals surface area contributed by atoms with Crippen molar-refractivity contribution in [3.8, 4) is 5.75 Å². The maximum atomic E-state index is 10.3. The summed E-state index contributed by atoms with van der Waals surface area (Å²) < 4.78 is 5.13. The van der Waals surface area contributed by atoms with Gasteiger partial charge in [-0.3, -0.25) is 0 Å². The first-order valence-corrected chi connectivity index (χ1v) is 6.37. The Morgan fingerprint density at radius 1 is 1.24 bits per heavy atom. The van der Waals surface area contributed by atoms with Gasteiger partial charge in [0.2, 0.25) is 0 Å². The molecule has 1 heterocycles. The number of aryl methyl sites for hydroxylation is 2. The molecule has 0 saturated carbocycles. The molecule has 0 spiro atoms. The third-order valence-corrected chi connectivity index (χ3v) is 3.78. The molecule has 0 bridgehead atoms. The van der Waals surface area contributed by atoms with Gasteiger partial charge in [0.1, 0.15) is 11.9 Å². The van der Waals surface area contributed by atoms with E-state index in [0.29, 0.717) is 0 Å². The molecule has 3 heteroatoms. The van der Waals surface area contributed by atoms with Crippen LogP contribution in [-0.4, -0.2) is 12.2 Å². The van der Waals surface area contributed by atoms with Gasteiger partial charge in [0.05, 0.1) is 7.11 Å². The smallest absolute Gasteiger partial charge is 0.129 e. The molecule has 90 valence electrons. The van der Waals surface area contributed by atoms with Crippen molar-refractivity contribution in [1.29, 1.82) is 0 Å². The van der Waals surface area contributed by atoms with E-state index in [1.807, 2.05) is 30.5 Å². The molecule has 2 nitrogen and oxygen atoms in total. The van der Waals surface area contributed by atoms with Gasteiger partial charge in [0, 0.05) is 10.3 Å². The summed E-state index contributed by atoms with van der Waals surface area (Å²) in [7, 11) is 1.63. The van der Waals surface area contributed by atoms with Crippen LogP contribution in [0.3, 0.4) is 0 Å². The lowest BCUT2D eigenvalue weighted by atomic mass is 10.0. The van der Waals surface area contributed by atoms with E-state index in [-0.39, 0.29) is 0 Å². The Bertz CT molecular complexity index is 517. The molecule has 0 fully saturated rings. The SMILES string of the molecule is COc1csc(C(O)c2ccc(C)cc2C)c1. The summed E-state index contributed by atoms with van der Waals surface area (Å²) in [6, 6.07) is 7.98. The van der Waals surface area contributed by atoms with Crippen LogP contribution in [0.4, 0.5) is 0 Å². The summed E-state index contributed by atoms with van der Waals surface area (Å²) in [5.41, 5.74) is 3.28. The van der Waals surface area contributed by atoms with E-state index in [1.54, 1.807) is 7.11 Å². The van der Waals surface area contributed by atoms with Crippen molar-refractivity contribution in [1.82, 2.24) is 0 Å². The Balaban J connectivity index is 2.33. The molecule has 0 saturated heterocycles. The summed E-state index contributed by atoms with van der Waals surface area (Å²) >= 11 is 1.51. The number of thiophene rings is 1. The van der Waals surface area contributed by atoms with Crippen LogP contribution in [0.2, 0.25) is 0 Å². The van der Waals surface area contributed by atoms with Crippen molar-refractivity contribution in [2.75, 3.05) is 7.11 Å². The zero-order chi connectivity index (χ0) is 12.4. The zero-order valence-corrected chi connectivity index (χ0v) is 11.0. The van der Waals surface area contributed by atoms with E-state index >= 15 is 0 Å². The van der Waals surface area contributed by atoms with Crippen molar-refractivity contribution in [3.05, 3.63) is 51.2 Å². The Morgan fingerprint density at radius 2 is 2.00 bits per heavy atom. The van der Waals surface area contributed by atoms with Crippen LogP contribution in [0, 0.1) is 13.8 Å². The summed E-state index contributed by atoms with van der Waals surface area (Å²) in [6.07, 6.45) is -0.565. The van der Waals surface area contributed by atoms with Gasteiger partial charge in [-0.05, 0) is 31.0 Å². The number of hydrogen-bond donors (Lipinski definition) is 1. The first-order valence-electron chi connectivity index (χ1n) is 5.49. The lowest BCUT2D eigenvalue weighted by Gasteiger charge is -2.12. The molecule has 17 heavy (non-hydrogen) atoms. The van der Waals surface area contributed by atoms with Gasteiger partial charge in [-0.2, -0.15) is 0 Å². The fraction of sp³-hybridized carbons (Fsp3) is 0.286. The van der Waals surface area contributed by atoms with Crippen molar-refractivity contribution < 1.29 is 9.84 Å². The van der Waals surface area contributed by atoms with Gasteiger partial charge in [0.15, 0.2) is 0 Å². The average Bonchev–Trinajstić information content (AvgIpc) is 2.76. The average molecular weight is 248 g/mol. The number of aliphatic hydroxyl groups is 1. The molecular formula is C14H16O2S. The Kier molecular flexibility index (Phi) is 3.50. The fourth-order valence-corrected chi connectivity index (χ4v) is 2.73. The van der Waals surface area contributed by atoms with Crippen LogP contribution in [0.25, 0.3) is 0 Å². The molecule has 1 atom stereocenters. The number of rotatable bonds is 3. The van der Waals surface area contributed by atoms with E-state index in [0.717, 1.165) is 21.8 Å². The van der Waals surface area contributed by atoms with Gasteiger partial charge < -0.3 is 9.84 Å². The number of aliphatic hydroxyl groups excluding tert-OH is 1. The molecule has 1 unspecified atom stereocenters. The highest BCUT2D eigenvalue weighted by molar-refractivity contribution is 7.10. The molecule has 2 aromatic rings. The van der Waals surface area contributed by atoms with E-state index in [2.05, 4.69) is 13.0 Å². The normalized spacial score (nSPS) is 12.5. The molecule has 1 aromatic carbocycles. The van der Waals surface area contributed by atoms with Crippen molar-refractivity contribution in [2.45, 2.75) is 20.0 Å². The summed E-state index contributed by atoms with van der Waals surface area (Å²) in [6.45, 7) is 4.08. The lowest BCUT2D eigenvalue weighted by molar-refractivity contribution is 0.223. The Morgan fingerprint density at radius 3 is 2.59 bits per heavy atom. The standard InChI is InChI=1S/C14H16O2S/c1-9-4-5-12(10(2)6-9)14(15)13-7-11(16-3)8-17-13/h4-8,14-15H,1-3H3. The summed E-state index contributed by atoms with van der Waals surface area (Å²) in [4.78, 5) is 0.911. The second-order valence-corrected chi connectivity index (χ2v) is 5.09. The van der Waals surface area contributed by atoms with Crippen molar-refractivity contribution in [3.63, 3.8) is 0 Å². The van der Waals surface area contributed by atoms with Gasteiger partial charge in [-0.1, -0.05) is 23.8 Å². The second-order valence-electron chi connectivity index (χ2n) is 4.15. The molecule has 1 aromatic heterocycles. The zero-order valence-electron chi connectivity index (χ0n) is 10.2. The van der Waals surface area contributed by atoms with Crippen molar-refractivity contribution >= 4 is 11.3 Å². The predicted octanol–water partition coefficient (Wildman–Crippen LogP) is 3.46. The first-order chi connectivity index (χ1) is 8.11. The monoisotopic (exact) mass is 248 g/mol. The highest BCUT2D eigenvalue weighted by Gasteiger charge is 2.15. The van der Waals surface area contributed by atoms with Crippen LogP contribution in [0.15, 0.2) is 29.6 Å². The maximum absolute atomic E-state index is 10.3. The van der Waals surface area contributed by atoms with Crippen LogP contribution >= 0.6 is 11.3 Å². The number of benzene rings is 1. The number of methoxy groups -OCH3 is 1. The number of ether oxygens (including phenoxy) is 1. The topological polar surface area (TPSA) is 29.5 Å².